The summed E-state index contributed by atoms with van der Waals surface area (Å²) in [6, 6.07) is 6.63. The molecule has 1 aliphatic carbocycles. The molecular formula is C19H26N2O3S. The number of rotatable bonds is 4. The molecule has 1 fully saturated rings. The fraction of sp³-hybridized carbons (Fsp3) is 0.526. The Morgan fingerprint density at radius 2 is 1.84 bits per heavy atom. The second-order valence-electron chi connectivity index (χ2n) is 6.82. The van der Waals surface area contributed by atoms with Gasteiger partial charge in [-0.15, -0.1) is 0 Å². The summed E-state index contributed by atoms with van der Waals surface area (Å²) in [5, 5.41) is 2.88. The first-order valence-corrected chi connectivity index (χ1v) is 10.6. The van der Waals surface area contributed by atoms with Gasteiger partial charge >= 0.3 is 0 Å². The Hall–Kier alpha value is -1.66. The number of nitrogens with zero attached hydrogens (tertiary/aromatic N) is 1. The van der Waals surface area contributed by atoms with Crippen LogP contribution in [0.15, 0.2) is 41.3 Å². The van der Waals surface area contributed by atoms with Gasteiger partial charge in [-0.1, -0.05) is 31.1 Å². The van der Waals surface area contributed by atoms with Crippen molar-refractivity contribution in [1.29, 1.82) is 0 Å². The van der Waals surface area contributed by atoms with Gasteiger partial charge < -0.3 is 5.32 Å². The summed E-state index contributed by atoms with van der Waals surface area (Å²) in [4.78, 5) is 12.6. The average Bonchev–Trinajstić information content (AvgIpc) is 2.93. The van der Waals surface area contributed by atoms with Crippen LogP contribution in [0.4, 0.5) is 5.69 Å². The van der Waals surface area contributed by atoms with Gasteiger partial charge in [0.2, 0.25) is 15.9 Å². The van der Waals surface area contributed by atoms with Crippen LogP contribution in [0.2, 0.25) is 0 Å². The lowest BCUT2D eigenvalue weighted by Crippen LogP contribution is -2.32. The van der Waals surface area contributed by atoms with Gasteiger partial charge in [-0.05, 0) is 50.3 Å². The lowest BCUT2D eigenvalue weighted by atomic mass is 9.93. The number of carbonyl (C=O) groups excluding carboxylic acids is 1. The fourth-order valence-electron chi connectivity index (χ4n) is 3.44. The average molecular weight is 362 g/mol. The van der Waals surface area contributed by atoms with E-state index >= 15 is 0 Å². The van der Waals surface area contributed by atoms with Crippen molar-refractivity contribution in [1.82, 2.24) is 4.31 Å². The molecule has 1 N–H and O–H groups in total. The standard InChI is InChI=1S/C19H26N2O3S/c22-19(16-9-4-3-5-10-16)20-17-11-8-12-18(15-17)25(23,24)21-13-6-1-2-7-14-21/h3-4,8,11-12,15-16H,1-2,5-7,9-10,13-14H2,(H,20,22). The highest BCUT2D eigenvalue weighted by molar-refractivity contribution is 7.89. The molecule has 0 aromatic heterocycles. The molecule has 1 aliphatic heterocycles. The van der Waals surface area contributed by atoms with E-state index in [0.717, 1.165) is 44.9 Å². The first kappa shape index (κ1) is 18.1. The Labute approximate surface area is 150 Å². The molecule has 1 unspecified atom stereocenters. The second kappa shape index (κ2) is 8.15. The predicted octanol–water partition coefficient (Wildman–Crippen LogP) is 3.55. The molecule has 1 heterocycles. The highest BCUT2D eigenvalue weighted by Gasteiger charge is 2.26. The normalized spacial score (nSPS) is 22.3. The number of allylic oxidation sites excluding steroid dienone is 2. The zero-order chi connectivity index (χ0) is 17.7. The quantitative estimate of drug-likeness (QED) is 0.833. The highest BCUT2D eigenvalue weighted by Crippen LogP contribution is 2.24. The molecule has 5 nitrogen and oxygen atoms in total. The SMILES string of the molecule is O=C(Nc1cccc(S(=O)(=O)N2CCCCCC2)c1)C1CC=CCC1. The molecule has 1 amide bonds. The minimum Gasteiger partial charge on any atom is -0.326 e. The van der Waals surface area contributed by atoms with Crippen LogP contribution in [0.1, 0.15) is 44.9 Å². The Bertz CT molecular complexity index is 735. The Kier molecular flexibility index (Phi) is 5.91. The van der Waals surface area contributed by atoms with Gasteiger partial charge in [0.05, 0.1) is 4.90 Å². The van der Waals surface area contributed by atoms with E-state index in [1.165, 1.54) is 0 Å². The lowest BCUT2D eigenvalue weighted by molar-refractivity contribution is -0.120. The molecule has 0 bridgehead atoms. The van der Waals surface area contributed by atoms with Crippen LogP contribution < -0.4 is 5.32 Å². The number of carbonyl (C=O) groups is 1. The molecule has 6 heteroatoms. The van der Waals surface area contributed by atoms with Gasteiger partial charge in [-0.25, -0.2) is 8.42 Å². The molecule has 2 aliphatic rings. The minimum atomic E-state index is -3.50. The third kappa shape index (κ3) is 4.50. The molecule has 0 spiro atoms. The smallest absolute Gasteiger partial charge is 0.243 e. The van der Waals surface area contributed by atoms with Crippen molar-refractivity contribution in [2.24, 2.45) is 5.92 Å². The summed E-state index contributed by atoms with van der Waals surface area (Å²) in [6.07, 6.45) is 10.6. The molecule has 25 heavy (non-hydrogen) atoms. The van der Waals surface area contributed by atoms with Crippen LogP contribution in [0.25, 0.3) is 0 Å². The first-order chi connectivity index (χ1) is 12.1. The van der Waals surface area contributed by atoms with Crippen molar-refractivity contribution in [3.63, 3.8) is 0 Å². The third-order valence-electron chi connectivity index (χ3n) is 4.94. The van der Waals surface area contributed by atoms with Gasteiger partial charge in [0.25, 0.3) is 0 Å². The van der Waals surface area contributed by atoms with E-state index in [2.05, 4.69) is 11.4 Å². The number of amides is 1. The largest absolute Gasteiger partial charge is 0.326 e. The summed E-state index contributed by atoms with van der Waals surface area (Å²) in [7, 11) is -3.50. The van der Waals surface area contributed by atoms with Gasteiger partial charge in [-0.3, -0.25) is 4.79 Å². The van der Waals surface area contributed by atoms with Crippen molar-refractivity contribution in [2.45, 2.75) is 49.8 Å². The van der Waals surface area contributed by atoms with Crippen LogP contribution in [0.3, 0.4) is 0 Å². The van der Waals surface area contributed by atoms with Crippen LogP contribution in [0, 0.1) is 5.92 Å². The van der Waals surface area contributed by atoms with Gasteiger partial charge in [-0.2, -0.15) is 4.31 Å². The van der Waals surface area contributed by atoms with E-state index in [4.69, 9.17) is 0 Å². The molecule has 3 rings (SSSR count). The number of sulfonamides is 1. The number of hydrogen-bond donors (Lipinski definition) is 1. The molecular weight excluding hydrogens is 336 g/mol. The molecule has 1 atom stereocenters. The molecule has 0 saturated carbocycles. The number of hydrogen-bond acceptors (Lipinski definition) is 3. The maximum atomic E-state index is 12.9. The zero-order valence-electron chi connectivity index (χ0n) is 14.5. The van der Waals surface area contributed by atoms with E-state index in [-0.39, 0.29) is 16.7 Å². The van der Waals surface area contributed by atoms with Crippen LogP contribution in [-0.2, 0) is 14.8 Å². The number of benzene rings is 1. The fourth-order valence-corrected chi connectivity index (χ4v) is 5.00. The number of anilines is 1. The van der Waals surface area contributed by atoms with Gasteiger partial charge in [0.1, 0.15) is 0 Å². The molecule has 1 aromatic rings. The van der Waals surface area contributed by atoms with Crippen molar-refractivity contribution >= 4 is 21.6 Å². The monoisotopic (exact) mass is 362 g/mol. The second-order valence-corrected chi connectivity index (χ2v) is 8.75. The molecule has 1 aromatic carbocycles. The van der Waals surface area contributed by atoms with E-state index in [1.54, 1.807) is 28.6 Å². The van der Waals surface area contributed by atoms with Crippen molar-refractivity contribution < 1.29 is 13.2 Å². The van der Waals surface area contributed by atoms with E-state index in [1.807, 2.05) is 6.08 Å². The zero-order valence-corrected chi connectivity index (χ0v) is 15.3. The van der Waals surface area contributed by atoms with E-state index in [0.29, 0.717) is 18.8 Å². The molecule has 0 radical (unpaired) electrons. The van der Waals surface area contributed by atoms with E-state index < -0.39 is 10.0 Å². The predicted molar refractivity (Wildman–Crippen MR) is 98.8 cm³/mol. The van der Waals surface area contributed by atoms with Crippen molar-refractivity contribution in [3.8, 4) is 0 Å². The summed E-state index contributed by atoms with van der Waals surface area (Å²) in [6.45, 7) is 1.15. The lowest BCUT2D eigenvalue weighted by Gasteiger charge is -2.21. The maximum absolute atomic E-state index is 12.9. The summed E-state index contributed by atoms with van der Waals surface area (Å²) >= 11 is 0. The van der Waals surface area contributed by atoms with Crippen molar-refractivity contribution in [2.75, 3.05) is 18.4 Å². The molecule has 1 saturated heterocycles. The van der Waals surface area contributed by atoms with Crippen LogP contribution in [-0.4, -0.2) is 31.7 Å². The van der Waals surface area contributed by atoms with Gasteiger partial charge in [0, 0.05) is 24.7 Å². The Balaban J connectivity index is 1.74. The van der Waals surface area contributed by atoms with Crippen LogP contribution >= 0.6 is 0 Å². The third-order valence-corrected chi connectivity index (χ3v) is 6.84. The van der Waals surface area contributed by atoms with Crippen LogP contribution in [0.5, 0.6) is 0 Å². The minimum absolute atomic E-state index is 0.0316. The van der Waals surface area contributed by atoms with E-state index in [9.17, 15) is 13.2 Å². The topological polar surface area (TPSA) is 66.5 Å². The summed E-state index contributed by atoms with van der Waals surface area (Å²) in [5.74, 6) is -0.0652. The number of nitrogens with one attached hydrogen (secondary N) is 1. The summed E-state index contributed by atoms with van der Waals surface area (Å²) in [5.41, 5.74) is 0.551. The Morgan fingerprint density at radius 3 is 2.52 bits per heavy atom. The maximum Gasteiger partial charge on any atom is 0.243 e. The first-order valence-electron chi connectivity index (χ1n) is 9.13. The summed E-state index contributed by atoms with van der Waals surface area (Å²) < 4.78 is 27.3. The Morgan fingerprint density at radius 1 is 1.08 bits per heavy atom. The molecule has 136 valence electrons. The highest BCUT2D eigenvalue weighted by atomic mass is 32.2. The van der Waals surface area contributed by atoms with Gasteiger partial charge in [0.15, 0.2) is 0 Å². The van der Waals surface area contributed by atoms with Crippen molar-refractivity contribution in [3.05, 3.63) is 36.4 Å².